The Hall–Kier alpha value is -2.84. The van der Waals surface area contributed by atoms with Crippen molar-refractivity contribution in [2.24, 2.45) is 0 Å². The smallest absolute Gasteiger partial charge is 0.261 e. The zero-order chi connectivity index (χ0) is 16.0. The molecule has 0 atom stereocenters. The minimum Gasteiger partial charge on any atom is -0.261 e. The SMILES string of the molecule is N#Cc1ccc(CN2c3cccc4cccc(c34)S2(=O)=O)cc1. The largest absolute Gasteiger partial charge is 0.265 e. The van der Waals surface area contributed by atoms with Gasteiger partial charge in [-0.25, -0.2) is 8.42 Å². The summed E-state index contributed by atoms with van der Waals surface area (Å²) < 4.78 is 27.2. The zero-order valence-electron chi connectivity index (χ0n) is 12.1. The van der Waals surface area contributed by atoms with Gasteiger partial charge in [0.15, 0.2) is 0 Å². The molecule has 0 spiro atoms. The van der Waals surface area contributed by atoms with E-state index in [9.17, 15) is 8.42 Å². The molecule has 3 aromatic rings. The Kier molecular flexibility index (Phi) is 2.90. The fraction of sp³-hybridized carbons (Fsp3) is 0.0556. The maximum absolute atomic E-state index is 12.9. The minimum atomic E-state index is -3.54. The second kappa shape index (κ2) is 4.83. The van der Waals surface area contributed by atoms with Gasteiger partial charge in [0.2, 0.25) is 0 Å². The quantitative estimate of drug-likeness (QED) is 0.727. The second-order valence-electron chi connectivity index (χ2n) is 5.45. The first-order chi connectivity index (χ1) is 11.1. The van der Waals surface area contributed by atoms with Gasteiger partial charge in [0.1, 0.15) is 0 Å². The van der Waals surface area contributed by atoms with Gasteiger partial charge in [-0.2, -0.15) is 5.26 Å². The van der Waals surface area contributed by atoms with Gasteiger partial charge in [-0.05, 0) is 35.2 Å². The van der Waals surface area contributed by atoms with E-state index in [0.29, 0.717) is 16.1 Å². The highest BCUT2D eigenvalue weighted by Crippen LogP contribution is 2.42. The molecule has 23 heavy (non-hydrogen) atoms. The number of hydrogen-bond acceptors (Lipinski definition) is 3. The van der Waals surface area contributed by atoms with Gasteiger partial charge in [0.25, 0.3) is 10.0 Å². The standard InChI is InChI=1S/C18H12N2O2S/c19-11-13-7-9-14(10-8-13)12-20-16-5-1-3-15-4-2-6-17(18(15)16)23(20,21)22/h1-10H,12H2. The molecule has 0 saturated heterocycles. The van der Waals surface area contributed by atoms with Gasteiger partial charge in [-0.15, -0.1) is 0 Å². The van der Waals surface area contributed by atoms with Gasteiger partial charge in [0, 0.05) is 5.39 Å². The van der Waals surface area contributed by atoms with Crippen molar-refractivity contribution in [3.05, 3.63) is 71.8 Å². The molecule has 0 radical (unpaired) electrons. The highest BCUT2D eigenvalue weighted by Gasteiger charge is 2.35. The van der Waals surface area contributed by atoms with Crippen LogP contribution in [0.25, 0.3) is 10.8 Å². The number of rotatable bonds is 2. The van der Waals surface area contributed by atoms with Gasteiger partial charge < -0.3 is 0 Å². The third-order valence-electron chi connectivity index (χ3n) is 4.09. The van der Waals surface area contributed by atoms with Crippen LogP contribution in [0.1, 0.15) is 11.1 Å². The van der Waals surface area contributed by atoms with Crippen LogP contribution < -0.4 is 4.31 Å². The molecule has 0 aromatic heterocycles. The van der Waals surface area contributed by atoms with Crippen molar-refractivity contribution < 1.29 is 8.42 Å². The molecule has 0 aliphatic carbocycles. The van der Waals surface area contributed by atoms with E-state index in [0.717, 1.165) is 16.3 Å². The number of nitrogens with zero attached hydrogens (tertiary/aromatic N) is 2. The van der Waals surface area contributed by atoms with Crippen LogP contribution in [0.2, 0.25) is 0 Å². The first kappa shape index (κ1) is 13.8. The summed E-state index contributed by atoms with van der Waals surface area (Å²) >= 11 is 0. The molecule has 3 aromatic carbocycles. The lowest BCUT2D eigenvalue weighted by Crippen LogP contribution is -2.26. The van der Waals surface area contributed by atoms with Gasteiger partial charge >= 0.3 is 0 Å². The van der Waals surface area contributed by atoms with Crippen LogP contribution in [0.4, 0.5) is 5.69 Å². The Morgan fingerprint density at radius 3 is 2.35 bits per heavy atom. The summed E-state index contributed by atoms with van der Waals surface area (Å²) in [5.74, 6) is 0. The molecule has 0 bridgehead atoms. The minimum absolute atomic E-state index is 0.252. The van der Waals surface area contributed by atoms with Gasteiger partial charge in [0.05, 0.1) is 28.8 Å². The summed E-state index contributed by atoms with van der Waals surface area (Å²) in [5.41, 5.74) is 2.11. The molecule has 0 N–H and O–H groups in total. The number of nitriles is 1. The van der Waals surface area contributed by atoms with E-state index in [2.05, 4.69) is 6.07 Å². The molecule has 112 valence electrons. The third kappa shape index (κ3) is 2.00. The molecule has 0 amide bonds. The van der Waals surface area contributed by atoms with E-state index in [-0.39, 0.29) is 6.54 Å². The molecule has 0 fully saturated rings. The van der Waals surface area contributed by atoms with Crippen LogP contribution >= 0.6 is 0 Å². The summed E-state index contributed by atoms with van der Waals surface area (Å²) in [7, 11) is -3.54. The third-order valence-corrected chi connectivity index (χ3v) is 5.89. The number of hydrogen-bond donors (Lipinski definition) is 0. The summed E-state index contributed by atoms with van der Waals surface area (Å²) in [5, 5.41) is 10.6. The number of sulfonamides is 1. The number of benzene rings is 3. The second-order valence-corrected chi connectivity index (χ2v) is 7.28. The first-order valence-corrected chi connectivity index (χ1v) is 8.59. The summed E-state index contributed by atoms with van der Waals surface area (Å²) in [6, 6.07) is 20.0. The highest BCUT2D eigenvalue weighted by atomic mass is 32.2. The Morgan fingerprint density at radius 2 is 1.65 bits per heavy atom. The lowest BCUT2D eigenvalue weighted by atomic mass is 10.1. The molecule has 4 rings (SSSR count). The number of anilines is 1. The van der Waals surface area contributed by atoms with Crippen molar-refractivity contribution in [3.8, 4) is 6.07 Å². The average Bonchev–Trinajstić information content (AvgIpc) is 2.79. The van der Waals surface area contributed by atoms with Crippen LogP contribution in [-0.4, -0.2) is 8.42 Å². The maximum Gasteiger partial charge on any atom is 0.265 e. The lowest BCUT2D eigenvalue weighted by Gasteiger charge is -2.18. The fourth-order valence-electron chi connectivity index (χ4n) is 2.98. The maximum atomic E-state index is 12.9. The van der Waals surface area contributed by atoms with Crippen LogP contribution in [0, 0.1) is 11.3 Å². The molecule has 0 saturated carbocycles. The molecular weight excluding hydrogens is 308 g/mol. The van der Waals surface area contributed by atoms with Crippen LogP contribution in [0.5, 0.6) is 0 Å². The average molecular weight is 320 g/mol. The first-order valence-electron chi connectivity index (χ1n) is 7.15. The lowest BCUT2D eigenvalue weighted by molar-refractivity contribution is 0.593. The van der Waals surface area contributed by atoms with E-state index < -0.39 is 10.0 Å². The Labute approximate surface area is 134 Å². The van der Waals surface area contributed by atoms with Crippen molar-refractivity contribution >= 4 is 26.5 Å². The normalized spacial score (nSPS) is 14.8. The Bertz CT molecular complexity index is 1060. The van der Waals surface area contributed by atoms with E-state index >= 15 is 0 Å². The fourth-order valence-corrected chi connectivity index (χ4v) is 4.68. The highest BCUT2D eigenvalue weighted by molar-refractivity contribution is 7.93. The molecule has 4 nitrogen and oxygen atoms in total. The predicted molar refractivity (Wildman–Crippen MR) is 88.5 cm³/mol. The van der Waals surface area contributed by atoms with E-state index in [1.807, 2.05) is 24.3 Å². The van der Waals surface area contributed by atoms with Gasteiger partial charge in [-0.1, -0.05) is 36.4 Å². The van der Waals surface area contributed by atoms with Crippen molar-refractivity contribution in [1.82, 2.24) is 0 Å². The van der Waals surface area contributed by atoms with Crippen LogP contribution in [-0.2, 0) is 16.6 Å². The molecule has 1 aliphatic heterocycles. The summed E-state index contributed by atoms with van der Waals surface area (Å²) in [6.45, 7) is 0.252. The zero-order valence-corrected chi connectivity index (χ0v) is 12.9. The molecule has 1 heterocycles. The van der Waals surface area contributed by atoms with Crippen LogP contribution in [0.3, 0.4) is 0 Å². The topological polar surface area (TPSA) is 61.2 Å². The summed E-state index contributed by atoms with van der Waals surface area (Å²) in [6.07, 6.45) is 0. The van der Waals surface area contributed by atoms with Gasteiger partial charge in [-0.3, -0.25) is 4.31 Å². The van der Waals surface area contributed by atoms with Crippen molar-refractivity contribution in [3.63, 3.8) is 0 Å². The van der Waals surface area contributed by atoms with E-state index in [4.69, 9.17) is 5.26 Å². The molecule has 0 unspecified atom stereocenters. The summed E-state index contributed by atoms with van der Waals surface area (Å²) in [4.78, 5) is 0.360. The molecule has 5 heteroatoms. The van der Waals surface area contributed by atoms with E-state index in [1.54, 1.807) is 36.4 Å². The van der Waals surface area contributed by atoms with Crippen LogP contribution in [0.15, 0.2) is 65.6 Å². The predicted octanol–water partition coefficient (Wildman–Crippen LogP) is 3.42. The van der Waals surface area contributed by atoms with Crippen molar-refractivity contribution in [2.45, 2.75) is 11.4 Å². The Morgan fingerprint density at radius 1 is 0.957 bits per heavy atom. The monoisotopic (exact) mass is 320 g/mol. The van der Waals surface area contributed by atoms with Crippen molar-refractivity contribution in [2.75, 3.05) is 4.31 Å². The van der Waals surface area contributed by atoms with Crippen molar-refractivity contribution in [1.29, 1.82) is 5.26 Å². The molecule has 1 aliphatic rings. The molecular formula is C18H12N2O2S. The Balaban J connectivity index is 1.84. The van der Waals surface area contributed by atoms with E-state index in [1.165, 1.54) is 4.31 Å².